The molecule has 3 heteroatoms. The van der Waals surface area contributed by atoms with Crippen molar-refractivity contribution in [1.29, 1.82) is 0 Å². The quantitative estimate of drug-likeness (QED) is 0.788. The highest BCUT2D eigenvalue weighted by Crippen LogP contribution is 2.21. The second-order valence-corrected chi connectivity index (χ2v) is 5.47. The normalized spacial score (nSPS) is 11.2. The molecule has 3 aromatic rings. The molecule has 0 aliphatic heterocycles. The first kappa shape index (κ1) is 13.7. The van der Waals surface area contributed by atoms with Gasteiger partial charge in [0.05, 0.1) is 5.69 Å². The Morgan fingerprint density at radius 1 is 1.00 bits per heavy atom. The lowest BCUT2D eigenvalue weighted by molar-refractivity contribution is 0.581. The van der Waals surface area contributed by atoms with Gasteiger partial charge in [-0.05, 0) is 22.9 Å². The molecular formula is C18H19N3. The van der Waals surface area contributed by atoms with E-state index in [1.807, 2.05) is 12.3 Å². The lowest BCUT2D eigenvalue weighted by atomic mass is 10.1. The summed E-state index contributed by atoms with van der Waals surface area (Å²) < 4.78 is 0. The number of nitrogens with one attached hydrogen (secondary N) is 1. The number of nitrogens with zero attached hydrogens (tertiary/aromatic N) is 2. The van der Waals surface area contributed by atoms with Crippen LogP contribution >= 0.6 is 0 Å². The summed E-state index contributed by atoms with van der Waals surface area (Å²) in [4.78, 5) is 9.05. The van der Waals surface area contributed by atoms with E-state index in [4.69, 9.17) is 0 Å². The van der Waals surface area contributed by atoms with Crippen LogP contribution in [0.3, 0.4) is 0 Å². The first-order valence-corrected chi connectivity index (χ1v) is 7.27. The largest absolute Gasteiger partial charge is 0.309 e. The first-order valence-electron chi connectivity index (χ1n) is 7.27. The minimum atomic E-state index is 0.448. The lowest BCUT2D eigenvalue weighted by Crippen LogP contribution is -2.22. The Hall–Kier alpha value is -2.26. The number of fused-ring (bicyclic) bond motifs is 1. The molecule has 3 rings (SSSR count). The summed E-state index contributed by atoms with van der Waals surface area (Å²) in [5, 5.41) is 5.83. The second-order valence-electron chi connectivity index (χ2n) is 5.47. The Labute approximate surface area is 125 Å². The zero-order valence-corrected chi connectivity index (χ0v) is 12.4. The van der Waals surface area contributed by atoms with Gasteiger partial charge in [0.2, 0.25) is 0 Å². The summed E-state index contributed by atoms with van der Waals surface area (Å²) in [5.41, 5.74) is 2.07. The molecule has 0 aliphatic rings. The van der Waals surface area contributed by atoms with Crippen LogP contribution in [0, 0.1) is 0 Å². The maximum Gasteiger partial charge on any atom is 0.159 e. The van der Waals surface area contributed by atoms with Crippen LogP contribution in [0.1, 0.15) is 19.5 Å². The highest BCUT2D eigenvalue weighted by Gasteiger charge is 2.04. The fraction of sp³-hybridized carbons (Fsp3) is 0.222. The molecular weight excluding hydrogens is 258 g/mol. The van der Waals surface area contributed by atoms with E-state index < -0.39 is 0 Å². The Morgan fingerprint density at radius 2 is 1.81 bits per heavy atom. The van der Waals surface area contributed by atoms with E-state index in [1.54, 1.807) is 0 Å². The molecule has 0 saturated heterocycles. The van der Waals surface area contributed by atoms with Gasteiger partial charge in [-0.25, -0.2) is 9.97 Å². The Kier molecular flexibility index (Phi) is 3.93. The van der Waals surface area contributed by atoms with Crippen LogP contribution in [0.25, 0.3) is 22.2 Å². The topological polar surface area (TPSA) is 37.8 Å². The number of hydrogen-bond acceptors (Lipinski definition) is 3. The Morgan fingerprint density at radius 3 is 2.62 bits per heavy atom. The van der Waals surface area contributed by atoms with Gasteiger partial charge in [-0.15, -0.1) is 0 Å². The van der Waals surface area contributed by atoms with Gasteiger partial charge in [0.25, 0.3) is 0 Å². The predicted octanol–water partition coefficient (Wildman–Crippen LogP) is 3.79. The first-order chi connectivity index (χ1) is 10.2. The van der Waals surface area contributed by atoms with Crippen LogP contribution in [0.15, 0.2) is 54.7 Å². The zero-order valence-electron chi connectivity index (χ0n) is 12.4. The molecule has 106 valence electrons. The molecule has 0 fully saturated rings. The highest BCUT2D eigenvalue weighted by molar-refractivity contribution is 5.86. The van der Waals surface area contributed by atoms with Crippen molar-refractivity contribution in [1.82, 2.24) is 15.3 Å². The van der Waals surface area contributed by atoms with Crippen LogP contribution in [-0.4, -0.2) is 16.0 Å². The molecule has 1 heterocycles. The number of aromatic nitrogens is 2. The van der Waals surface area contributed by atoms with Gasteiger partial charge in [0.15, 0.2) is 5.82 Å². The molecule has 0 spiro atoms. The molecule has 0 saturated carbocycles. The molecule has 0 bridgehead atoms. The van der Waals surface area contributed by atoms with Gasteiger partial charge in [0, 0.05) is 24.3 Å². The monoisotopic (exact) mass is 277 g/mol. The minimum Gasteiger partial charge on any atom is -0.309 e. The summed E-state index contributed by atoms with van der Waals surface area (Å²) in [6, 6.07) is 17.1. The number of rotatable bonds is 4. The summed E-state index contributed by atoms with van der Waals surface area (Å²) in [5.74, 6) is 0.781. The molecule has 21 heavy (non-hydrogen) atoms. The van der Waals surface area contributed by atoms with E-state index in [-0.39, 0.29) is 0 Å². The van der Waals surface area contributed by atoms with Gasteiger partial charge < -0.3 is 5.32 Å². The average molecular weight is 277 g/mol. The molecule has 0 amide bonds. The fourth-order valence-corrected chi connectivity index (χ4v) is 2.27. The van der Waals surface area contributed by atoms with Gasteiger partial charge in [-0.1, -0.05) is 50.2 Å². The number of benzene rings is 2. The summed E-state index contributed by atoms with van der Waals surface area (Å²) in [6.07, 6.45) is 1.83. The third-order valence-corrected chi connectivity index (χ3v) is 3.41. The standard InChI is InChI=1S/C18H19N3/c1-13(2)20-12-17-9-10-19-18(21-17)16-8-7-14-5-3-4-6-15(14)11-16/h3-11,13,20H,12H2,1-2H3. The third kappa shape index (κ3) is 3.26. The van der Waals surface area contributed by atoms with Gasteiger partial charge in [-0.3, -0.25) is 0 Å². The van der Waals surface area contributed by atoms with E-state index in [1.165, 1.54) is 10.8 Å². The smallest absolute Gasteiger partial charge is 0.159 e. The van der Waals surface area contributed by atoms with Crippen molar-refractivity contribution in [3.8, 4) is 11.4 Å². The zero-order chi connectivity index (χ0) is 14.7. The highest BCUT2D eigenvalue weighted by atomic mass is 14.9. The predicted molar refractivity (Wildman–Crippen MR) is 86.9 cm³/mol. The second kappa shape index (κ2) is 6.02. The van der Waals surface area contributed by atoms with Crippen molar-refractivity contribution in [2.24, 2.45) is 0 Å². The van der Waals surface area contributed by atoms with Gasteiger partial charge in [0.1, 0.15) is 0 Å². The van der Waals surface area contributed by atoms with E-state index in [2.05, 4.69) is 71.6 Å². The van der Waals surface area contributed by atoms with Crippen molar-refractivity contribution in [3.05, 3.63) is 60.4 Å². The minimum absolute atomic E-state index is 0.448. The van der Waals surface area contributed by atoms with Crippen molar-refractivity contribution >= 4 is 10.8 Å². The maximum atomic E-state index is 4.65. The third-order valence-electron chi connectivity index (χ3n) is 3.41. The molecule has 1 aromatic heterocycles. The molecule has 1 N–H and O–H groups in total. The van der Waals surface area contributed by atoms with E-state index in [0.717, 1.165) is 23.6 Å². The molecule has 0 aliphatic carbocycles. The van der Waals surface area contributed by atoms with Crippen LogP contribution in [0.5, 0.6) is 0 Å². The van der Waals surface area contributed by atoms with Gasteiger partial charge >= 0.3 is 0 Å². The fourth-order valence-electron chi connectivity index (χ4n) is 2.27. The Bertz CT molecular complexity index is 750. The molecule has 2 aromatic carbocycles. The van der Waals surface area contributed by atoms with E-state index >= 15 is 0 Å². The summed E-state index contributed by atoms with van der Waals surface area (Å²) in [7, 11) is 0. The molecule has 3 nitrogen and oxygen atoms in total. The van der Waals surface area contributed by atoms with Crippen LogP contribution < -0.4 is 5.32 Å². The van der Waals surface area contributed by atoms with Crippen LogP contribution in [0.4, 0.5) is 0 Å². The van der Waals surface area contributed by atoms with E-state index in [0.29, 0.717) is 6.04 Å². The van der Waals surface area contributed by atoms with Crippen molar-refractivity contribution in [2.75, 3.05) is 0 Å². The van der Waals surface area contributed by atoms with Crippen LogP contribution in [-0.2, 0) is 6.54 Å². The number of hydrogen-bond donors (Lipinski definition) is 1. The maximum absolute atomic E-state index is 4.65. The summed E-state index contributed by atoms with van der Waals surface area (Å²) in [6.45, 7) is 5.03. The molecule has 0 radical (unpaired) electrons. The molecule has 0 atom stereocenters. The SMILES string of the molecule is CC(C)NCc1ccnc(-c2ccc3ccccc3c2)n1. The van der Waals surface area contributed by atoms with Crippen molar-refractivity contribution in [3.63, 3.8) is 0 Å². The average Bonchev–Trinajstić information content (AvgIpc) is 2.53. The molecule has 0 unspecified atom stereocenters. The van der Waals surface area contributed by atoms with Crippen molar-refractivity contribution < 1.29 is 0 Å². The van der Waals surface area contributed by atoms with Crippen LogP contribution in [0.2, 0.25) is 0 Å². The van der Waals surface area contributed by atoms with Gasteiger partial charge in [-0.2, -0.15) is 0 Å². The van der Waals surface area contributed by atoms with Crippen molar-refractivity contribution in [2.45, 2.75) is 26.4 Å². The lowest BCUT2D eigenvalue weighted by Gasteiger charge is -2.08. The Balaban J connectivity index is 1.92. The summed E-state index contributed by atoms with van der Waals surface area (Å²) >= 11 is 0. The van der Waals surface area contributed by atoms with E-state index in [9.17, 15) is 0 Å².